The summed E-state index contributed by atoms with van der Waals surface area (Å²) in [7, 11) is 1.64. The molecule has 0 radical (unpaired) electrons. The van der Waals surface area contributed by atoms with Gasteiger partial charge in [0.15, 0.2) is 10.7 Å². The maximum Gasteiger partial charge on any atom is 0.194 e. The predicted molar refractivity (Wildman–Crippen MR) is 107 cm³/mol. The van der Waals surface area contributed by atoms with E-state index in [2.05, 4.69) is 4.98 Å². The molecule has 0 aliphatic rings. The second-order valence-electron chi connectivity index (χ2n) is 6.00. The number of imidazole rings is 1. The SMILES string of the molecule is COc1ccc(-c2nc3sc(C)cn3c2/C=C/C(=O)c2ccncc2)cc1. The molecule has 4 rings (SSSR count). The molecule has 3 heterocycles. The Morgan fingerprint density at radius 1 is 1.15 bits per heavy atom. The van der Waals surface area contributed by atoms with E-state index in [9.17, 15) is 4.79 Å². The summed E-state index contributed by atoms with van der Waals surface area (Å²) >= 11 is 1.62. The van der Waals surface area contributed by atoms with Crippen LogP contribution in [0.2, 0.25) is 0 Å². The van der Waals surface area contributed by atoms with Crippen LogP contribution in [0.1, 0.15) is 20.9 Å². The summed E-state index contributed by atoms with van der Waals surface area (Å²) in [6.07, 6.45) is 8.68. The van der Waals surface area contributed by atoms with Crippen LogP contribution in [-0.4, -0.2) is 27.3 Å². The fraction of sp³-hybridized carbons (Fsp3) is 0.0952. The van der Waals surface area contributed by atoms with Gasteiger partial charge in [0.05, 0.1) is 18.5 Å². The lowest BCUT2D eigenvalue weighted by Gasteiger charge is -2.03. The molecule has 0 saturated heterocycles. The van der Waals surface area contributed by atoms with Crippen molar-refractivity contribution in [2.24, 2.45) is 0 Å². The molecule has 0 saturated carbocycles. The first-order valence-corrected chi connectivity index (χ1v) is 9.23. The van der Waals surface area contributed by atoms with Gasteiger partial charge in [0.25, 0.3) is 0 Å². The van der Waals surface area contributed by atoms with Crippen molar-refractivity contribution in [2.75, 3.05) is 7.11 Å². The Bertz CT molecular complexity index is 1130. The second kappa shape index (κ2) is 7.17. The minimum absolute atomic E-state index is 0.0695. The van der Waals surface area contributed by atoms with Crippen LogP contribution in [0.5, 0.6) is 5.75 Å². The Hall–Kier alpha value is -3.25. The molecule has 0 fully saturated rings. The number of aromatic nitrogens is 3. The van der Waals surface area contributed by atoms with Gasteiger partial charge < -0.3 is 4.74 Å². The predicted octanol–water partition coefficient (Wildman–Crippen LogP) is 4.67. The topological polar surface area (TPSA) is 56.5 Å². The molecule has 3 aromatic heterocycles. The lowest BCUT2D eigenvalue weighted by atomic mass is 10.1. The summed E-state index contributed by atoms with van der Waals surface area (Å²) in [6, 6.07) is 11.2. The van der Waals surface area contributed by atoms with Gasteiger partial charge >= 0.3 is 0 Å². The lowest BCUT2D eigenvalue weighted by Crippen LogP contribution is -1.94. The Morgan fingerprint density at radius 2 is 1.89 bits per heavy atom. The number of rotatable bonds is 5. The second-order valence-corrected chi connectivity index (χ2v) is 7.22. The number of pyridine rings is 1. The quantitative estimate of drug-likeness (QED) is 0.376. The van der Waals surface area contributed by atoms with E-state index in [0.29, 0.717) is 5.56 Å². The number of carbonyl (C=O) groups is 1. The summed E-state index contributed by atoms with van der Waals surface area (Å²) in [5, 5.41) is 0. The van der Waals surface area contributed by atoms with Gasteiger partial charge in [-0.1, -0.05) is 0 Å². The Morgan fingerprint density at radius 3 is 2.59 bits per heavy atom. The van der Waals surface area contributed by atoms with Crippen molar-refractivity contribution in [3.05, 3.63) is 77.2 Å². The van der Waals surface area contributed by atoms with Crippen molar-refractivity contribution in [1.29, 1.82) is 0 Å². The van der Waals surface area contributed by atoms with E-state index in [1.165, 1.54) is 0 Å². The number of nitrogens with zero attached hydrogens (tertiary/aromatic N) is 3. The number of thiazole rings is 1. The highest BCUT2D eigenvalue weighted by molar-refractivity contribution is 7.17. The van der Waals surface area contributed by atoms with Crippen LogP contribution in [0.25, 0.3) is 22.3 Å². The molecule has 0 aliphatic heterocycles. The Labute approximate surface area is 160 Å². The van der Waals surface area contributed by atoms with Crippen LogP contribution < -0.4 is 4.74 Å². The summed E-state index contributed by atoms with van der Waals surface area (Å²) in [6.45, 7) is 2.04. The molecule has 27 heavy (non-hydrogen) atoms. The largest absolute Gasteiger partial charge is 0.497 e. The highest BCUT2D eigenvalue weighted by Gasteiger charge is 2.14. The van der Waals surface area contributed by atoms with Crippen LogP contribution >= 0.6 is 11.3 Å². The van der Waals surface area contributed by atoms with Crippen LogP contribution in [-0.2, 0) is 0 Å². The van der Waals surface area contributed by atoms with Crippen molar-refractivity contribution in [1.82, 2.24) is 14.4 Å². The Kier molecular flexibility index (Phi) is 4.56. The number of ketones is 1. The van der Waals surface area contributed by atoms with Crippen LogP contribution in [0, 0.1) is 6.92 Å². The van der Waals surface area contributed by atoms with E-state index in [-0.39, 0.29) is 5.78 Å². The van der Waals surface area contributed by atoms with E-state index in [1.54, 1.807) is 49.0 Å². The number of ether oxygens (including phenoxy) is 1. The summed E-state index contributed by atoms with van der Waals surface area (Å²) < 4.78 is 7.26. The van der Waals surface area contributed by atoms with Gasteiger partial charge in [-0.05, 0) is 55.5 Å². The van der Waals surface area contributed by atoms with Crippen molar-refractivity contribution in [3.63, 3.8) is 0 Å². The normalized spacial score (nSPS) is 11.3. The maximum atomic E-state index is 12.5. The standard InChI is InChI=1S/C21H17N3O2S/c1-14-13-24-18(7-8-19(25)15-9-11-22-12-10-15)20(23-21(24)27-14)16-3-5-17(26-2)6-4-16/h3-13H,1-2H3/b8-7+. The summed E-state index contributed by atoms with van der Waals surface area (Å²) in [5.41, 5.74) is 3.29. The average molecular weight is 375 g/mol. The van der Waals surface area contributed by atoms with Gasteiger partial charge in [-0.2, -0.15) is 0 Å². The van der Waals surface area contributed by atoms with Gasteiger partial charge in [-0.3, -0.25) is 14.2 Å². The molecular formula is C21H17N3O2S. The molecule has 134 valence electrons. The lowest BCUT2D eigenvalue weighted by molar-refractivity contribution is 0.104. The van der Waals surface area contributed by atoms with Gasteiger partial charge in [-0.15, -0.1) is 11.3 Å². The van der Waals surface area contributed by atoms with Gasteiger partial charge in [0.1, 0.15) is 5.75 Å². The zero-order valence-electron chi connectivity index (χ0n) is 14.9. The number of fused-ring (bicyclic) bond motifs is 1. The number of aryl methyl sites for hydroxylation is 1. The fourth-order valence-corrected chi connectivity index (χ4v) is 3.69. The number of hydrogen-bond donors (Lipinski definition) is 0. The highest BCUT2D eigenvalue weighted by Crippen LogP contribution is 2.30. The average Bonchev–Trinajstić information content (AvgIpc) is 3.23. The Balaban J connectivity index is 1.77. The van der Waals surface area contributed by atoms with Crippen molar-refractivity contribution >= 4 is 28.2 Å². The monoisotopic (exact) mass is 375 g/mol. The number of carbonyl (C=O) groups excluding carboxylic acids is 1. The third-order valence-electron chi connectivity index (χ3n) is 4.20. The fourth-order valence-electron chi connectivity index (χ4n) is 2.86. The van der Waals surface area contributed by atoms with E-state index in [1.807, 2.05) is 47.9 Å². The zero-order valence-corrected chi connectivity index (χ0v) is 15.7. The van der Waals surface area contributed by atoms with E-state index in [0.717, 1.165) is 32.5 Å². The molecule has 0 bridgehead atoms. The number of methoxy groups -OCH3 is 1. The van der Waals surface area contributed by atoms with Crippen molar-refractivity contribution in [3.8, 4) is 17.0 Å². The summed E-state index contributed by atoms with van der Waals surface area (Å²) in [4.78, 5) is 23.2. The molecule has 6 heteroatoms. The minimum Gasteiger partial charge on any atom is -0.497 e. The third-order valence-corrected chi connectivity index (χ3v) is 5.10. The first-order chi connectivity index (χ1) is 13.2. The molecule has 0 spiro atoms. The smallest absolute Gasteiger partial charge is 0.194 e. The van der Waals surface area contributed by atoms with Crippen molar-refractivity contribution in [2.45, 2.75) is 6.92 Å². The molecule has 1 aromatic carbocycles. The summed E-state index contributed by atoms with van der Waals surface area (Å²) in [5.74, 6) is 0.723. The van der Waals surface area contributed by atoms with Crippen LogP contribution in [0.4, 0.5) is 0 Å². The number of benzene rings is 1. The third kappa shape index (κ3) is 3.39. The number of allylic oxidation sites excluding steroid dienone is 1. The maximum absolute atomic E-state index is 12.5. The van der Waals surface area contributed by atoms with Crippen LogP contribution in [0.3, 0.4) is 0 Å². The van der Waals surface area contributed by atoms with Crippen molar-refractivity contribution < 1.29 is 9.53 Å². The van der Waals surface area contributed by atoms with E-state index < -0.39 is 0 Å². The number of hydrogen-bond acceptors (Lipinski definition) is 5. The van der Waals surface area contributed by atoms with Gasteiger partial charge in [0, 0.05) is 34.6 Å². The molecule has 0 amide bonds. The molecule has 0 N–H and O–H groups in total. The molecule has 4 aromatic rings. The van der Waals surface area contributed by atoms with Gasteiger partial charge in [-0.25, -0.2) is 4.98 Å². The molecule has 0 aliphatic carbocycles. The van der Waals surface area contributed by atoms with E-state index in [4.69, 9.17) is 9.72 Å². The van der Waals surface area contributed by atoms with Gasteiger partial charge in [0.2, 0.25) is 0 Å². The first-order valence-electron chi connectivity index (χ1n) is 8.41. The highest BCUT2D eigenvalue weighted by atomic mass is 32.1. The molecule has 0 unspecified atom stereocenters. The first kappa shape index (κ1) is 17.2. The van der Waals surface area contributed by atoms with Crippen LogP contribution in [0.15, 0.2) is 61.1 Å². The minimum atomic E-state index is -0.0695. The molecular weight excluding hydrogens is 358 g/mol. The molecule has 0 atom stereocenters. The van der Waals surface area contributed by atoms with E-state index >= 15 is 0 Å². The molecule has 5 nitrogen and oxygen atoms in total. The zero-order chi connectivity index (χ0) is 18.8.